The maximum atomic E-state index is 13.3. The zero-order chi connectivity index (χ0) is 22.5. The number of benzene rings is 3. The van der Waals surface area contributed by atoms with E-state index in [1.807, 2.05) is 80.6 Å². The van der Waals surface area contributed by atoms with Gasteiger partial charge in [-0.3, -0.25) is 9.89 Å². The number of H-pyrrole nitrogens is 1. The predicted molar refractivity (Wildman–Crippen MR) is 128 cm³/mol. The number of ether oxygens (including phenoxy) is 1. The molecule has 4 aromatic rings. The van der Waals surface area contributed by atoms with Crippen LogP contribution >= 0.6 is 11.8 Å². The van der Waals surface area contributed by atoms with Gasteiger partial charge in [0.05, 0.1) is 7.11 Å². The molecule has 0 fully saturated rings. The van der Waals surface area contributed by atoms with Gasteiger partial charge in [-0.05, 0) is 66.9 Å². The third-order valence-corrected chi connectivity index (χ3v) is 6.00. The highest BCUT2D eigenvalue weighted by Gasteiger charge is 2.24. The van der Waals surface area contributed by atoms with Crippen molar-refractivity contribution >= 4 is 23.4 Å². The molecule has 0 aliphatic heterocycles. The minimum atomic E-state index is -0.503. The Morgan fingerprint density at radius 2 is 1.69 bits per heavy atom. The number of amides is 1. The van der Waals surface area contributed by atoms with Crippen LogP contribution in [0.15, 0.2) is 78.0 Å². The highest BCUT2D eigenvalue weighted by molar-refractivity contribution is 8.00. The Morgan fingerprint density at radius 3 is 2.34 bits per heavy atom. The van der Waals surface area contributed by atoms with E-state index in [2.05, 4.69) is 26.6 Å². The van der Waals surface area contributed by atoms with Gasteiger partial charge < -0.3 is 10.1 Å². The van der Waals surface area contributed by atoms with E-state index in [-0.39, 0.29) is 5.91 Å². The smallest absolute Gasteiger partial charge is 0.242 e. The minimum absolute atomic E-state index is 0.123. The number of nitrogens with one attached hydrogen (secondary N) is 2. The molecule has 0 saturated heterocycles. The Bertz CT molecular complexity index is 1190. The summed E-state index contributed by atoms with van der Waals surface area (Å²) in [5.74, 6) is 1.29. The molecule has 162 valence electrons. The Balaban J connectivity index is 1.57. The minimum Gasteiger partial charge on any atom is -0.497 e. The highest BCUT2D eigenvalue weighted by Crippen LogP contribution is 2.35. The van der Waals surface area contributed by atoms with Crippen LogP contribution in [0.25, 0.3) is 11.4 Å². The Labute approximate surface area is 191 Å². The van der Waals surface area contributed by atoms with Crippen LogP contribution in [0.3, 0.4) is 0 Å². The first-order chi connectivity index (χ1) is 15.5. The van der Waals surface area contributed by atoms with E-state index >= 15 is 0 Å². The molecule has 0 aliphatic rings. The fourth-order valence-corrected chi connectivity index (χ4v) is 4.35. The monoisotopic (exact) mass is 444 g/mol. The lowest BCUT2D eigenvalue weighted by Gasteiger charge is -2.16. The van der Waals surface area contributed by atoms with Crippen LogP contribution < -0.4 is 10.1 Å². The number of aromatic nitrogens is 3. The number of aromatic amines is 1. The molecule has 4 rings (SSSR count). The normalized spacial score (nSPS) is 11.7. The Hall–Kier alpha value is -3.58. The number of hydrogen-bond donors (Lipinski definition) is 2. The number of hydrogen-bond acceptors (Lipinski definition) is 5. The van der Waals surface area contributed by atoms with Crippen molar-refractivity contribution in [3.8, 4) is 17.1 Å². The molecule has 1 atom stereocenters. The van der Waals surface area contributed by atoms with Gasteiger partial charge in [0.1, 0.15) is 11.0 Å². The van der Waals surface area contributed by atoms with Crippen LogP contribution in [0.5, 0.6) is 5.75 Å². The van der Waals surface area contributed by atoms with Crippen LogP contribution in [-0.4, -0.2) is 28.2 Å². The van der Waals surface area contributed by atoms with Gasteiger partial charge in [-0.25, -0.2) is 4.98 Å². The number of methoxy groups -OCH3 is 1. The van der Waals surface area contributed by atoms with Crippen molar-refractivity contribution in [3.63, 3.8) is 0 Å². The third kappa shape index (κ3) is 5.18. The number of anilines is 1. The molecular weight excluding hydrogens is 420 g/mol. The van der Waals surface area contributed by atoms with E-state index in [1.165, 1.54) is 11.8 Å². The van der Waals surface area contributed by atoms with Crippen molar-refractivity contribution in [2.45, 2.75) is 24.3 Å². The summed E-state index contributed by atoms with van der Waals surface area (Å²) in [6.45, 7) is 4.03. The summed E-state index contributed by atoms with van der Waals surface area (Å²) in [5, 5.41) is 10.4. The van der Waals surface area contributed by atoms with Crippen LogP contribution in [0.2, 0.25) is 0 Å². The lowest BCUT2D eigenvalue weighted by atomic mass is 10.1. The summed E-state index contributed by atoms with van der Waals surface area (Å²) >= 11 is 1.31. The van der Waals surface area contributed by atoms with Gasteiger partial charge in [-0.15, -0.1) is 5.10 Å². The molecule has 7 heteroatoms. The summed E-state index contributed by atoms with van der Waals surface area (Å²) < 4.78 is 5.21. The molecule has 1 amide bonds. The van der Waals surface area contributed by atoms with Crippen molar-refractivity contribution in [2.24, 2.45) is 0 Å². The summed E-state index contributed by atoms with van der Waals surface area (Å²) in [4.78, 5) is 17.9. The number of carbonyl (C=O) groups excluding carboxylic acids is 1. The molecule has 32 heavy (non-hydrogen) atoms. The zero-order valence-corrected chi connectivity index (χ0v) is 18.9. The number of aryl methyl sites for hydroxylation is 2. The van der Waals surface area contributed by atoms with Gasteiger partial charge in [-0.1, -0.05) is 48.2 Å². The fraction of sp³-hybridized carbons (Fsp3) is 0.160. The van der Waals surface area contributed by atoms with Crippen LogP contribution in [0.4, 0.5) is 5.69 Å². The summed E-state index contributed by atoms with van der Waals surface area (Å²) in [5.41, 5.74) is 4.75. The lowest BCUT2D eigenvalue weighted by Crippen LogP contribution is -2.19. The van der Waals surface area contributed by atoms with E-state index < -0.39 is 5.25 Å². The summed E-state index contributed by atoms with van der Waals surface area (Å²) in [7, 11) is 1.63. The van der Waals surface area contributed by atoms with E-state index in [1.54, 1.807) is 7.11 Å². The number of carbonyl (C=O) groups is 1. The lowest BCUT2D eigenvalue weighted by molar-refractivity contribution is -0.115. The SMILES string of the molecule is COc1ccc(-c2nc(SC(C(=O)Nc3cc(C)cc(C)c3)c3ccccc3)n[nH]2)cc1. The van der Waals surface area contributed by atoms with E-state index in [4.69, 9.17) is 4.74 Å². The molecule has 0 saturated carbocycles. The molecule has 0 spiro atoms. The highest BCUT2D eigenvalue weighted by atomic mass is 32.2. The van der Waals surface area contributed by atoms with Crippen LogP contribution in [0, 0.1) is 13.8 Å². The quantitative estimate of drug-likeness (QED) is 0.364. The molecule has 0 aliphatic carbocycles. The maximum Gasteiger partial charge on any atom is 0.242 e. The fourth-order valence-electron chi connectivity index (χ4n) is 3.44. The predicted octanol–water partition coefficient (Wildman–Crippen LogP) is 5.57. The van der Waals surface area contributed by atoms with Gasteiger partial charge >= 0.3 is 0 Å². The molecule has 0 radical (unpaired) electrons. The standard InChI is InChI=1S/C25H24N4O2S/c1-16-13-17(2)15-20(14-16)26-24(30)22(18-7-5-4-6-8-18)32-25-27-23(28-29-25)19-9-11-21(31-3)12-10-19/h4-15,22H,1-3H3,(H,26,30)(H,27,28,29). The van der Waals surface area contributed by atoms with Crippen molar-refractivity contribution in [2.75, 3.05) is 12.4 Å². The van der Waals surface area contributed by atoms with Crippen molar-refractivity contribution in [1.29, 1.82) is 0 Å². The number of nitrogens with zero attached hydrogens (tertiary/aromatic N) is 2. The van der Waals surface area contributed by atoms with E-state index in [0.29, 0.717) is 11.0 Å². The first-order valence-electron chi connectivity index (χ1n) is 10.2. The van der Waals surface area contributed by atoms with Gasteiger partial charge in [0, 0.05) is 11.3 Å². The second-order valence-corrected chi connectivity index (χ2v) is 8.54. The third-order valence-electron chi connectivity index (χ3n) is 4.88. The van der Waals surface area contributed by atoms with Gasteiger partial charge in [-0.2, -0.15) is 0 Å². The molecule has 3 aromatic carbocycles. The summed E-state index contributed by atoms with van der Waals surface area (Å²) in [6, 6.07) is 23.2. The average molecular weight is 445 g/mol. The molecule has 6 nitrogen and oxygen atoms in total. The van der Waals surface area contributed by atoms with Gasteiger partial charge in [0.2, 0.25) is 11.1 Å². The molecule has 1 aromatic heterocycles. The Kier molecular flexibility index (Phi) is 6.56. The van der Waals surface area contributed by atoms with Crippen molar-refractivity contribution < 1.29 is 9.53 Å². The van der Waals surface area contributed by atoms with Gasteiger partial charge in [0.15, 0.2) is 5.82 Å². The maximum absolute atomic E-state index is 13.3. The first kappa shape index (κ1) is 21.6. The number of thioether (sulfide) groups is 1. The Morgan fingerprint density at radius 1 is 1.00 bits per heavy atom. The second-order valence-electron chi connectivity index (χ2n) is 7.47. The topological polar surface area (TPSA) is 79.9 Å². The molecule has 1 heterocycles. The van der Waals surface area contributed by atoms with Crippen LogP contribution in [-0.2, 0) is 4.79 Å². The summed E-state index contributed by atoms with van der Waals surface area (Å²) in [6.07, 6.45) is 0. The molecule has 1 unspecified atom stereocenters. The molecule has 2 N–H and O–H groups in total. The van der Waals surface area contributed by atoms with Gasteiger partial charge in [0.25, 0.3) is 0 Å². The first-order valence-corrected chi connectivity index (χ1v) is 11.1. The average Bonchev–Trinajstić information content (AvgIpc) is 3.26. The molecule has 0 bridgehead atoms. The van der Waals surface area contributed by atoms with Crippen molar-refractivity contribution in [1.82, 2.24) is 15.2 Å². The van der Waals surface area contributed by atoms with Crippen LogP contribution in [0.1, 0.15) is 21.9 Å². The van der Waals surface area contributed by atoms with E-state index in [0.717, 1.165) is 33.7 Å². The van der Waals surface area contributed by atoms with E-state index in [9.17, 15) is 4.79 Å². The largest absolute Gasteiger partial charge is 0.497 e. The zero-order valence-electron chi connectivity index (χ0n) is 18.1. The molecular formula is C25H24N4O2S. The number of rotatable bonds is 7. The second kappa shape index (κ2) is 9.70. The van der Waals surface area contributed by atoms with Crippen molar-refractivity contribution in [3.05, 3.63) is 89.5 Å².